The van der Waals surface area contributed by atoms with E-state index in [1.54, 1.807) is 0 Å². The molecule has 0 atom stereocenters. The topological polar surface area (TPSA) is 119 Å². The smallest absolute Gasteiger partial charge is 0.319 e. The number of halogens is 1. The Morgan fingerprint density at radius 3 is 2.86 bits per heavy atom. The van der Waals surface area contributed by atoms with Crippen molar-refractivity contribution < 1.29 is 9.72 Å². The summed E-state index contributed by atoms with van der Waals surface area (Å²) in [4.78, 5) is 21.9. The first-order valence-electron chi connectivity index (χ1n) is 6.57. The molecule has 0 saturated carbocycles. The van der Waals surface area contributed by atoms with E-state index in [9.17, 15) is 14.9 Å². The Morgan fingerprint density at radius 1 is 1.55 bits per heavy atom. The normalized spacial score (nSPS) is 10.7. The number of carbonyl (C=O) groups is 1. The van der Waals surface area contributed by atoms with Crippen LogP contribution in [0.3, 0.4) is 0 Å². The molecule has 0 spiro atoms. The number of nitro groups is 1. The van der Waals surface area contributed by atoms with Gasteiger partial charge in [-0.1, -0.05) is 0 Å². The maximum absolute atomic E-state index is 11.9. The molecule has 118 valence electrons. The third kappa shape index (κ3) is 3.32. The van der Waals surface area contributed by atoms with Gasteiger partial charge in [0.2, 0.25) is 5.69 Å². The Hall–Kier alpha value is -2.23. The number of aromatic amines is 1. The highest BCUT2D eigenvalue weighted by atomic mass is 79.9. The summed E-state index contributed by atoms with van der Waals surface area (Å²) in [5, 5.41) is 23.6. The fourth-order valence-electron chi connectivity index (χ4n) is 2.00. The number of nitrogens with one attached hydrogen (secondary N) is 2. The lowest BCUT2D eigenvalue weighted by atomic mass is 10.3. The van der Waals surface area contributed by atoms with Crippen LogP contribution in [0.2, 0.25) is 0 Å². The predicted octanol–water partition coefficient (Wildman–Crippen LogP) is 1.71. The fraction of sp³-hybridized carbons (Fsp3) is 0.417. The van der Waals surface area contributed by atoms with Gasteiger partial charge in [0.25, 0.3) is 5.91 Å². The molecule has 9 nitrogen and oxygen atoms in total. The number of hydrogen-bond donors (Lipinski definition) is 2. The van der Waals surface area contributed by atoms with Crippen molar-refractivity contribution in [2.24, 2.45) is 0 Å². The van der Waals surface area contributed by atoms with Crippen molar-refractivity contribution >= 4 is 27.5 Å². The first-order valence-corrected chi connectivity index (χ1v) is 7.36. The second-order valence-electron chi connectivity index (χ2n) is 4.70. The van der Waals surface area contributed by atoms with Crippen molar-refractivity contribution in [3.8, 4) is 0 Å². The molecule has 22 heavy (non-hydrogen) atoms. The molecule has 0 radical (unpaired) electrons. The average molecular weight is 371 g/mol. The van der Waals surface area contributed by atoms with Gasteiger partial charge in [0, 0.05) is 18.8 Å². The second-order valence-corrected chi connectivity index (χ2v) is 5.50. The first-order chi connectivity index (χ1) is 10.4. The molecule has 0 aliphatic rings. The highest BCUT2D eigenvalue weighted by molar-refractivity contribution is 9.10. The Balaban J connectivity index is 1.86. The molecule has 0 saturated heterocycles. The lowest BCUT2D eigenvalue weighted by molar-refractivity contribution is -0.385. The summed E-state index contributed by atoms with van der Waals surface area (Å²) in [6, 6.07) is 0. The van der Waals surface area contributed by atoms with Crippen molar-refractivity contribution in [2.45, 2.75) is 26.8 Å². The molecule has 2 aromatic rings. The van der Waals surface area contributed by atoms with E-state index in [1.807, 2.05) is 18.5 Å². The molecular formula is C12H15BrN6O3. The Morgan fingerprint density at radius 2 is 2.27 bits per heavy atom. The zero-order valence-electron chi connectivity index (χ0n) is 12.1. The van der Waals surface area contributed by atoms with Crippen LogP contribution in [-0.2, 0) is 6.54 Å². The molecule has 2 aromatic heterocycles. The minimum Gasteiger partial charge on any atom is -0.350 e. The summed E-state index contributed by atoms with van der Waals surface area (Å²) < 4.78 is 2.83. The van der Waals surface area contributed by atoms with Crippen LogP contribution >= 0.6 is 15.9 Å². The van der Waals surface area contributed by atoms with Crippen molar-refractivity contribution in [1.29, 1.82) is 0 Å². The lowest BCUT2D eigenvalue weighted by Gasteiger charge is -2.05. The predicted molar refractivity (Wildman–Crippen MR) is 81.6 cm³/mol. The molecule has 2 rings (SSSR count). The van der Waals surface area contributed by atoms with Crippen molar-refractivity contribution in [3.63, 3.8) is 0 Å². The number of rotatable bonds is 6. The van der Waals surface area contributed by atoms with Crippen LogP contribution in [0, 0.1) is 24.0 Å². The summed E-state index contributed by atoms with van der Waals surface area (Å²) in [5.74, 6) is -0.543. The Bertz CT molecular complexity index is 708. The van der Waals surface area contributed by atoms with Crippen LogP contribution in [0.5, 0.6) is 0 Å². The molecule has 0 unspecified atom stereocenters. The molecule has 0 aliphatic heterocycles. The van der Waals surface area contributed by atoms with Gasteiger partial charge in [-0.25, -0.2) is 0 Å². The van der Waals surface area contributed by atoms with Gasteiger partial charge in [0.15, 0.2) is 0 Å². The van der Waals surface area contributed by atoms with Crippen LogP contribution in [0.1, 0.15) is 28.3 Å². The van der Waals surface area contributed by atoms with Gasteiger partial charge in [-0.05, 0) is 36.2 Å². The molecule has 0 fully saturated rings. The fourth-order valence-corrected chi connectivity index (χ4v) is 2.28. The number of aromatic nitrogens is 4. The van der Waals surface area contributed by atoms with Gasteiger partial charge in [-0.2, -0.15) is 10.2 Å². The van der Waals surface area contributed by atoms with E-state index < -0.39 is 10.8 Å². The van der Waals surface area contributed by atoms with Gasteiger partial charge in [-0.3, -0.25) is 24.7 Å². The molecule has 0 bridgehead atoms. The zero-order valence-corrected chi connectivity index (χ0v) is 13.7. The number of aryl methyl sites for hydroxylation is 2. The van der Waals surface area contributed by atoms with Gasteiger partial charge in [0.1, 0.15) is 6.20 Å². The van der Waals surface area contributed by atoms with Crippen molar-refractivity contribution in [3.05, 3.63) is 37.9 Å². The van der Waals surface area contributed by atoms with Crippen LogP contribution in [0.15, 0.2) is 10.7 Å². The van der Waals surface area contributed by atoms with E-state index in [1.165, 1.54) is 0 Å². The third-order valence-electron chi connectivity index (χ3n) is 3.17. The molecule has 0 aliphatic carbocycles. The van der Waals surface area contributed by atoms with E-state index in [2.05, 4.69) is 36.5 Å². The summed E-state index contributed by atoms with van der Waals surface area (Å²) in [5.41, 5.74) is 1.46. The Labute approximate surface area is 134 Å². The molecule has 1 amide bonds. The molecular weight excluding hydrogens is 356 g/mol. The van der Waals surface area contributed by atoms with Crippen LogP contribution in [0.4, 0.5) is 5.69 Å². The maximum Gasteiger partial charge on any atom is 0.319 e. The molecule has 0 aromatic carbocycles. The highest BCUT2D eigenvalue weighted by Gasteiger charge is 2.22. The van der Waals surface area contributed by atoms with Crippen molar-refractivity contribution in [2.75, 3.05) is 6.54 Å². The van der Waals surface area contributed by atoms with E-state index in [0.29, 0.717) is 19.5 Å². The summed E-state index contributed by atoms with van der Waals surface area (Å²) in [6.45, 7) is 4.89. The van der Waals surface area contributed by atoms with Crippen LogP contribution in [-0.4, -0.2) is 37.4 Å². The summed E-state index contributed by atoms with van der Waals surface area (Å²) in [6.07, 6.45) is 1.67. The van der Waals surface area contributed by atoms with E-state index in [-0.39, 0.29) is 11.4 Å². The monoisotopic (exact) mass is 370 g/mol. The van der Waals surface area contributed by atoms with E-state index >= 15 is 0 Å². The third-order valence-corrected chi connectivity index (χ3v) is 4.32. The minimum absolute atomic E-state index is 0.140. The SMILES string of the molecule is Cc1nn(CCCNC(=O)c2[nH]ncc2[N+](=O)[O-])c(C)c1Br. The van der Waals surface area contributed by atoms with Crippen LogP contribution < -0.4 is 5.32 Å². The van der Waals surface area contributed by atoms with Crippen LogP contribution in [0.25, 0.3) is 0 Å². The van der Waals surface area contributed by atoms with Gasteiger partial charge < -0.3 is 5.32 Å². The lowest BCUT2D eigenvalue weighted by Crippen LogP contribution is -2.26. The minimum atomic E-state index is -0.647. The molecule has 2 N–H and O–H groups in total. The van der Waals surface area contributed by atoms with Gasteiger partial charge in [-0.15, -0.1) is 0 Å². The highest BCUT2D eigenvalue weighted by Crippen LogP contribution is 2.19. The molecule has 2 heterocycles. The number of H-pyrrole nitrogens is 1. The maximum atomic E-state index is 11.9. The first kappa shape index (κ1) is 16.1. The number of nitrogens with zero attached hydrogens (tertiary/aromatic N) is 4. The molecule has 10 heteroatoms. The number of hydrogen-bond acceptors (Lipinski definition) is 5. The summed E-state index contributed by atoms with van der Waals surface area (Å²) >= 11 is 3.45. The quantitative estimate of drug-likeness (QED) is 0.455. The number of carbonyl (C=O) groups excluding carboxylic acids is 1. The van der Waals surface area contributed by atoms with E-state index in [0.717, 1.165) is 22.1 Å². The van der Waals surface area contributed by atoms with E-state index in [4.69, 9.17) is 0 Å². The zero-order chi connectivity index (χ0) is 16.3. The second kappa shape index (κ2) is 6.69. The van der Waals surface area contributed by atoms with Gasteiger partial charge >= 0.3 is 5.69 Å². The summed E-state index contributed by atoms with van der Waals surface area (Å²) in [7, 11) is 0. The average Bonchev–Trinajstić information content (AvgIpc) is 3.05. The van der Waals surface area contributed by atoms with Crippen molar-refractivity contribution in [1.82, 2.24) is 25.3 Å². The number of amides is 1. The standard InChI is InChI=1S/C12H15BrN6O3/c1-7-10(13)8(2)18(17-7)5-3-4-14-12(20)11-9(19(21)22)6-15-16-11/h6H,3-5H2,1-2H3,(H,14,20)(H,15,16). The van der Waals surface area contributed by atoms with Gasteiger partial charge in [0.05, 0.1) is 15.1 Å². The largest absolute Gasteiger partial charge is 0.350 e. The Kier molecular flexibility index (Phi) is 4.91.